The van der Waals surface area contributed by atoms with Crippen molar-refractivity contribution in [2.75, 3.05) is 26.2 Å². The molecular weight excluding hydrogens is 288 g/mol. The van der Waals surface area contributed by atoms with Crippen LogP contribution >= 0.6 is 11.6 Å². The number of hydrogen-bond donors (Lipinski definition) is 2. The summed E-state index contributed by atoms with van der Waals surface area (Å²) in [4.78, 5) is 5.07. The van der Waals surface area contributed by atoms with Crippen molar-refractivity contribution in [3.05, 3.63) is 34.3 Å². The van der Waals surface area contributed by atoms with Crippen molar-refractivity contribution in [3.8, 4) is 0 Å². The van der Waals surface area contributed by atoms with E-state index < -0.39 is 0 Å². The van der Waals surface area contributed by atoms with Crippen LogP contribution in [0.1, 0.15) is 24.0 Å². The van der Waals surface area contributed by atoms with Crippen LogP contribution < -0.4 is 5.73 Å². The number of benzene rings is 1. The number of nitrogens with two attached hydrogens (primary N) is 1. The van der Waals surface area contributed by atoms with Crippen LogP contribution in [0.5, 0.6) is 0 Å². The van der Waals surface area contributed by atoms with Gasteiger partial charge in [-0.25, -0.2) is 0 Å². The predicted octanol–water partition coefficient (Wildman–Crippen LogP) is 1.71. The highest BCUT2D eigenvalue weighted by Crippen LogP contribution is 2.25. The molecule has 0 radical (unpaired) electrons. The first-order chi connectivity index (χ1) is 10.2. The summed E-state index contributed by atoms with van der Waals surface area (Å²) in [5.41, 5.74) is 7.32. The first-order valence-electron chi connectivity index (χ1n) is 7.40. The second kappa shape index (κ2) is 6.22. The summed E-state index contributed by atoms with van der Waals surface area (Å²) in [5, 5.41) is 12.4. The summed E-state index contributed by atoms with van der Waals surface area (Å²) in [6.07, 6.45) is 2.64. The van der Waals surface area contributed by atoms with E-state index >= 15 is 0 Å². The Morgan fingerprint density at radius 2 is 2.24 bits per heavy atom. The van der Waals surface area contributed by atoms with Crippen molar-refractivity contribution in [1.29, 1.82) is 0 Å². The summed E-state index contributed by atoms with van der Waals surface area (Å²) in [6.45, 7) is 5.49. The lowest BCUT2D eigenvalue weighted by Gasteiger charge is -2.37. The summed E-state index contributed by atoms with van der Waals surface area (Å²) >= 11 is 6.33. The molecule has 3 rings (SSSR count). The Labute approximate surface area is 130 Å². The van der Waals surface area contributed by atoms with Crippen LogP contribution in [-0.2, 0) is 6.54 Å². The molecule has 114 valence electrons. The molecule has 1 atom stereocenters. The highest BCUT2D eigenvalue weighted by Gasteiger charge is 2.30. The van der Waals surface area contributed by atoms with Crippen molar-refractivity contribution in [2.24, 2.45) is 10.9 Å². The van der Waals surface area contributed by atoms with E-state index in [1.807, 2.05) is 12.1 Å². The van der Waals surface area contributed by atoms with Gasteiger partial charge in [-0.2, -0.15) is 0 Å². The Kier molecular flexibility index (Phi) is 4.33. The summed E-state index contributed by atoms with van der Waals surface area (Å²) in [7, 11) is 0. The average molecular weight is 309 g/mol. The van der Waals surface area contributed by atoms with Gasteiger partial charge in [-0.05, 0) is 31.0 Å². The molecule has 6 heteroatoms. The second-order valence-electron chi connectivity index (χ2n) is 5.86. The smallest absolute Gasteiger partial charge is 0.170 e. The number of fused-ring (bicyclic) bond motifs is 1. The molecule has 21 heavy (non-hydrogen) atoms. The van der Waals surface area contributed by atoms with E-state index in [0.29, 0.717) is 16.6 Å². The van der Waals surface area contributed by atoms with E-state index in [2.05, 4.69) is 15.0 Å². The van der Waals surface area contributed by atoms with Gasteiger partial charge in [0.15, 0.2) is 5.84 Å². The molecule has 0 aromatic heterocycles. The van der Waals surface area contributed by atoms with Crippen molar-refractivity contribution in [3.63, 3.8) is 0 Å². The Hall–Kier alpha value is -1.30. The number of amidine groups is 1. The van der Waals surface area contributed by atoms with Crippen LogP contribution in [0.25, 0.3) is 0 Å². The van der Waals surface area contributed by atoms with E-state index in [0.717, 1.165) is 31.7 Å². The molecule has 1 aromatic carbocycles. The van der Waals surface area contributed by atoms with E-state index in [1.54, 1.807) is 6.07 Å². The van der Waals surface area contributed by atoms with E-state index in [-0.39, 0.29) is 5.84 Å². The third kappa shape index (κ3) is 3.15. The maximum atomic E-state index is 8.70. The molecule has 1 unspecified atom stereocenters. The van der Waals surface area contributed by atoms with Crippen molar-refractivity contribution >= 4 is 17.4 Å². The normalized spacial score (nSPS) is 24.2. The molecule has 1 aromatic rings. The zero-order valence-electron chi connectivity index (χ0n) is 12.0. The third-order valence-electron chi connectivity index (χ3n) is 4.52. The van der Waals surface area contributed by atoms with Crippen LogP contribution in [0.3, 0.4) is 0 Å². The largest absolute Gasteiger partial charge is 0.409 e. The standard InChI is InChI=1S/C15H21ClN4O/c16-14-8-11(15(17)18-21)3-4-12(14)9-19-6-7-20-5-1-2-13(20)10-19/h3-4,8,13,21H,1-2,5-7,9-10H2,(H2,17,18). The highest BCUT2D eigenvalue weighted by molar-refractivity contribution is 6.31. The molecule has 0 aliphatic carbocycles. The maximum Gasteiger partial charge on any atom is 0.170 e. The van der Waals surface area contributed by atoms with Crippen molar-refractivity contribution in [1.82, 2.24) is 9.80 Å². The molecule has 2 aliphatic heterocycles. The SMILES string of the molecule is N/C(=N/O)c1ccc(CN2CCN3CCCC3C2)c(Cl)c1. The molecule has 2 aliphatic rings. The fourth-order valence-corrected chi connectivity index (χ4v) is 3.57. The van der Waals surface area contributed by atoms with Crippen LogP contribution in [0.2, 0.25) is 5.02 Å². The van der Waals surface area contributed by atoms with Gasteiger partial charge in [0.05, 0.1) is 0 Å². The van der Waals surface area contributed by atoms with E-state index in [9.17, 15) is 0 Å². The first-order valence-corrected chi connectivity index (χ1v) is 7.78. The van der Waals surface area contributed by atoms with Gasteiger partial charge in [-0.15, -0.1) is 0 Å². The lowest BCUT2D eigenvalue weighted by Crippen LogP contribution is -2.49. The maximum absolute atomic E-state index is 8.70. The lowest BCUT2D eigenvalue weighted by atomic mass is 10.1. The fraction of sp³-hybridized carbons (Fsp3) is 0.533. The number of oxime groups is 1. The van der Waals surface area contributed by atoms with Crippen molar-refractivity contribution in [2.45, 2.75) is 25.4 Å². The third-order valence-corrected chi connectivity index (χ3v) is 4.87. The molecule has 0 saturated carbocycles. The molecule has 0 amide bonds. The van der Waals surface area contributed by atoms with E-state index in [4.69, 9.17) is 22.5 Å². The minimum atomic E-state index is 0.0861. The summed E-state index contributed by atoms with van der Waals surface area (Å²) in [6, 6.07) is 6.30. The number of rotatable bonds is 3. The minimum Gasteiger partial charge on any atom is -0.409 e. The topological polar surface area (TPSA) is 65.1 Å². The Bertz CT molecular complexity index is 548. The molecule has 2 saturated heterocycles. The van der Waals surface area contributed by atoms with Gasteiger partial charge in [-0.3, -0.25) is 9.80 Å². The van der Waals surface area contributed by atoms with Gasteiger partial charge in [-0.1, -0.05) is 28.9 Å². The number of hydrogen-bond acceptors (Lipinski definition) is 4. The highest BCUT2D eigenvalue weighted by atomic mass is 35.5. The molecule has 3 N–H and O–H groups in total. The number of nitrogens with zero attached hydrogens (tertiary/aromatic N) is 3. The summed E-state index contributed by atoms with van der Waals surface area (Å²) < 4.78 is 0. The molecule has 0 bridgehead atoms. The van der Waals surface area contributed by atoms with Crippen molar-refractivity contribution < 1.29 is 5.21 Å². The second-order valence-corrected chi connectivity index (χ2v) is 6.27. The zero-order valence-corrected chi connectivity index (χ0v) is 12.8. The lowest BCUT2D eigenvalue weighted by molar-refractivity contribution is 0.0994. The first kappa shape index (κ1) is 14.6. The van der Waals surface area contributed by atoms with Gasteiger partial charge < -0.3 is 10.9 Å². The number of halogens is 1. The van der Waals surface area contributed by atoms with Crippen LogP contribution in [-0.4, -0.2) is 53.1 Å². The summed E-state index contributed by atoms with van der Waals surface area (Å²) in [5.74, 6) is 0.0861. The van der Waals surface area contributed by atoms with Gasteiger partial charge in [0.25, 0.3) is 0 Å². The monoisotopic (exact) mass is 308 g/mol. The Balaban J connectivity index is 1.67. The van der Waals surface area contributed by atoms with E-state index in [1.165, 1.54) is 19.4 Å². The zero-order chi connectivity index (χ0) is 14.8. The van der Waals surface area contributed by atoms with Gasteiger partial charge >= 0.3 is 0 Å². The van der Waals surface area contributed by atoms with Gasteiger partial charge in [0.1, 0.15) is 0 Å². The van der Waals surface area contributed by atoms with Crippen LogP contribution in [0.4, 0.5) is 0 Å². The Morgan fingerprint density at radius 3 is 3.00 bits per heavy atom. The van der Waals surface area contributed by atoms with Gasteiger partial charge in [0, 0.05) is 42.8 Å². The molecule has 2 heterocycles. The van der Waals surface area contributed by atoms with Gasteiger partial charge in [0.2, 0.25) is 0 Å². The Morgan fingerprint density at radius 1 is 1.38 bits per heavy atom. The quantitative estimate of drug-likeness (QED) is 0.386. The molecule has 0 spiro atoms. The number of piperazine rings is 1. The molecule has 2 fully saturated rings. The van der Waals surface area contributed by atoms with Crippen LogP contribution in [0, 0.1) is 0 Å². The fourth-order valence-electron chi connectivity index (χ4n) is 3.33. The average Bonchev–Trinajstić information content (AvgIpc) is 2.96. The molecule has 5 nitrogen and oxygen atoms in total. The molecular formula is C15H21ClN4O. The minimum absolute atomic E-state index is 0.0861. The predicted molar refractivity (Wildman–Crippen MR) is 83.8 cm³/mol. The van der Waals surface area contributed by atoms with Crippen LogP contribution in [0.15, 0.2) is 23.4 Å².